The zero-order valence-electron chi connectivity index (χ0n) is 8.03. The molecule has 0 aromatic heterocycles. The average molecular weight is 194 g/mol. The molecule has 0 saturated carbocycles. The van der Waals surface area contributed by atoms with Gasteiger partial charge in [-0.05, 0) is 0 Å². The summed E-state index contributed by atoms with van der Waals surface area (Å²) in [6, 6.07) is 0. The van der Waals surface area contributed by atoms with Crippen molar-refractivity contribution < 1.29 is 13.3 Å². The van der Waals surface area contributed by atoms with Crippen molar-refractivity contribution in [3.05, 3.63) is 0 Å². The highest BCUT2D eigenvalue weighted by atomic mass is 28.4. The summed E-state index contributed by atoms with van der Waals surface area (Å²) in [5.41, 5.74) is 10.7. The zero-order chi connectivity index (χ0) is 9.78. The van der Waals surface area contributed by atoms with Crippen LogP contribution in [0.1, 0.15) is 13.8 Å². The van der Waals surface area contributed by atoms with Gasteiger partial charge in [-0.3, -0.25) is 11.5 Å². The van der Waals surface area contributed by atoms with Crippen LogP contribution in [0.5, 0.6) is 0 Å². The van der Waals surface area contributed by atoms with Gasteiger partial charge in [0.1, 0.15) is 0 Å². The summed E-state index contributed by atoms with van der Waals surface area (Å²) in [6.07, 6.45) is -0.848. The molecule has 5 nitrogen and oxygen atoms in total. The van der Waals surface area contributed by atoms with Gasteiger partial charge in [-0.15, -0.1) is 0 Å². The van der Waals surface area contributed by atoms with Crippen molar-refractivity contribution in [2.24, 2.45) is 11.5 Å². The Morgan fingerprint density at radius 1 is 1.08 bits per heavy atom. The minimum absolute atomic E-state index is 0.141. The summed E-state index contributed by atoms with van der Waals surface area (Å²) in [6.45, 7) is 3.89. The predicted molar refractivity (Wildman–Crippen MR) is 48.1 cm³/mol. The maximum absolute atomic E-state index is 5.30. The summed E-state index contributed by atoms with van der Waals surface area (Å²) >= 11 is 0. The van der Waals surface area contributed by atoms with Crippen LogP contribution in [-0.4, -0.2) is 29.4 Å². The molecule has 0 unspecified atom stereocenters. The molecule has 0 aliphatic rings. The van der Waals surface area contributed by atoms with Crippen molar-refractivity contribution in [2.45, 2.75) is 25.7 Å². The lowest BCUT2D eigenvalue weighted by molar-refractivity contribution is 0.0539. The second-order valence-corrected chi connectivity index (χ2v) is 6.16. The third-order valence-corrected chi connectivity index (χ3v) is 4.73. The highest BCUT2D eigenvalue weighted by molar-refractivity contribution is 6.62. The summed E-state index contributed by atoms with van der Waals surface area (Å²) in [7, 11) is 0.446. The Morgan fingerprint density at radius 3 is 1.58 bits per heavy atom. The standard InChI is InChI=1S/C6H18N2O3Si/c1-5(2)12(9-3,10-4)11-6(7)8/h5-6H,7-8H2,1-4H3. The number of hydrogen-bond donors (Lipinski definition) is 2. The van der Waals surface area contributed by atoms with E-state index < -0.39 is 15.2 Å². The minimum atomic E-state index is -2.63. The van der Waals surface area contributed by atoms with E-state index >= 15 is 0 Å². The van der Waals surface area contributed by atoms with Crippen LogP contribution in [0.3, 0.4) is 0 Å². The van der Waals surface area contributed by atoms with Gasteiger partial charge in [0.15, 0.2) is 6.35 Å². The third kappa shape index (κ3) is 2.81. The van der Waals surface area contributed by atoms with E-state index in [-0.39, 0.29) is 5.54 Å². The lowest BCUT2D eigenvalue weighted by Crippen LogP contribution is -2.53. The van der Waals surface area contributed by atoms with Crippen molar-refractivity contribution in [3.63, 3.8) is 0 Å². The van der Waals surface area contributed by atoms with Crippen LogP contribution in [0, 0.1) is 0 Å². The maximum Gasteiger partial charge on any atom is 0.505 e. The Hall–Kier alpha value is 0.0169. The van der Waals surface area contributed by atoms with Crippen molar-refractivity contribution >= 4 is 8.80 Å². The maximum atomic E-state index is 5.30. The van der Waals surface area contributed by atoms with Gasteiger partial charge in [-0.25, -0.2) is 0 Å². The quantitative estimate of drug-likeness (QED) is 0.470. The smallest absolute Gasteiger partial charge is 0.377 e. The van der Waals surface area contributed by atoms with Gasteiger partial charge in [-0.1, -0.05) is 13.8 Å². The summed E-state index contributed by atoms with van der Waals surface area (Å²) < 4.78 is 15.6. The molecule has 6 heteroatoms. The van der Waals surface area contributed by atoms with Gasteiger partial charge in [0.05, 0.1) is 0 Å². The Morgan fingerprint density at radius 2 is 1.50 bits per heavy atom. The molecular weight excluding hydrogens is 176 g/mol. The van der Waals surface area contributed by atoms with Crippen molar-refractivity contribution in [3.8, 4) is 0 Å². The van der Waals surface area contributed by atoms with Crippen molar-refractivity contribution in [2.75, 3.05) is 14.2 Å². The lowest BCUT2D eigenvalue weighted by Gasteiger charge is -2.30. The molecule has 0 saturated heterocycles. The lowest BCUT2D eigenvalue weighted by atomic mass is 10.6. The van der Waals surface area contributed by atoms with E-state index in [2.05, 4.69) is 0 Å². The molecule has 74 valence electrons. The molecule has 0 spiro atoms. The van der Waals surface area contributed by atoms with E-state index in [9.17, 15) is 0 Å². The fourth-order valence-electron chi connectivity index (χ4n) is 0.977. The van der Waals surface area contributed by atoms with Gasteiger partial charge in [0.2, 0.25) is 0 Å². The van der Waals surface area contributed by atoms with Crippen LogP contribution < -0.4 is 11.5 Å². The van der Waals surface area contributed by atoms with Crippen LogP contribution in [0.2, 0.25) is 5.54 Å². The van der Waals surface area contributed by atoms with Crippen LogP contribution in [0.4, 0.5) is 0 Å². The SMILES string of the molecule is CO[Si](OC)(OC(N)N)C(C)C. The largest absolute Gasteiger partial charge is 0.505 e. The van der Waals surface area contributed by atoms with E-state index in [0.717, 1.165) is 0 Å². The molecule has 0 radical (unpaired) electrons. The molecule has 0 aromatic carbocycles. The van der Waals surface area contributed by atoms with Crippen molar-refractivity contribution in [1.82, 2.24) is 0 Å². The van der Waals surface area contributed by atoms with Crippen LogP contribution in [-0.2, 0) is 13.3 Å². The molecule has 0 atom stereocenters. The van der Waals surface area contributed by atoms with E-state index in [0.29, 0.717) is 0 Å². The van der Waals surface area contributed by atoms with Crippen LogP contribution in [0.25, 0.3) is 0 Å². The van der Waals surface area contributed by atoms with Gasteiger partial charge in [-0.2, -0.15) is 0 Å². The molecule has 4 N–H and O–H groups in total. The third-order valence-electron chi connectivity index (χ3n) is 1.58. The van der Waals surface area contributed by atoms with E-state index in [1.54, 1.807) is 0 Å². The second kappa shape index (κ2) is 4.90. The van der Waals surface area contributed by atoms with Gasteiger partial charge >= 0.3 is 8.80 Å². The Labute approximate surface area is 74.3 Å². The molecular formula is C6H18N2O3Si. The first-order valence-electron chi connectivity index (χ1n) is 3.77. The normalized spacial score (nSPS) is 13.0. The molecule has 0 aliphatic heterocycles. The van der Waals surface area contributed by atoms with E-state index in [1.165, 1.54) is 14.2 Å². The zero-order valence-corrected chi connectivity index (χ0v) is 9.03. The van der Waals surface area contributed by atoms with E-state index in [1.807, 2.05) is 13.8 Å². The fourth-order valence-corrected chi connectivity index (χ4v) is 2.93. The Kier molecular flexibility index (Phi) is 4.91. The second-order valence-electron chi connectivity index (χ2n) is 2.75. The highest BCUT2D eigenvalue weighted by Gasteiger charge is 2.44. The molecule has 0 bridgehead atoms. The Balaban J connectivity index is 4.35. The first-order valence-corrected chi connectivity index (χ1v) is 5.58. The number of rotatable bonds is 5. The topological polar surface area (TPSA) is 79.7 Å². The number of nitrogens with two attached hydrogens (primary N) is 2. The predicted octanol–water partition coefficient (Wildman–Crippen LogP) is -0.154. The van der Waals surface area contributed by atoms with Crippen LogP contribution in [0.15, 0.2) is 0 Å². The number of hydrogen-bond acceptors (Lipinski definition) is 5. The molecule has 0 rings (SSSR count). The molecule has 12 heavy (non-hydrogen) atoms. The molecule has 0 aromatic rings. The Bertz CT molecular complexity index is 128. The monoisotopic (exact) mass is 194 g/mol. The first kappa shape index (κ1) is 12.0. The molecule has 0 fully saturated rings. The van der Waals surface area contributed by atoms with Gasteiger partial charge < -0.3 is 13.3 Å². The first-order chi connectivity index (χ1) is 5.48. The van der Waals surface area contributed by atoms with E-state index in [4.69, 9.17) is 24.7 Å². The summed E-state index contributed by atoms with van der Waals surface area (Å²) in [4.78, 5) is 0. The van der Waals surface area contributed by atoms with Crippen LogP contribution >= 0.6 is 0 Å². The highest BCUT2D eigenvalue weighted by Crippen LogP contribution is 2.23. The summed E-state index contributed by atoms with van der Waals surface area (Å²) in [5, 5.41) is 0. The minimum Gasteiger partial charge on any atom is -0.377 e. The fraction of sp³-hybridized carbons (Fsp3) is 1.00. The molecule has 0 aliphatic carbocycles. The van der Waals surface area contributed by atoms with Crippen molar-refractivity contribution in [1.29, 1.82) is 0 Å². The average Bonchev–Trinajstić information content (AvgIpc) is 1.99. The van der Waals surface area contributed by atoms with Gasteiger partial charge in [0.25, 0.3) is 0 Å². The molecule has 0 heterocycles. The summed E-state index contributed by atoms with van der Waals surface area (Å²) in [5.74, 6) is 0. The van der Waals surface area contributed by atoms with Gasteiger partial charge in [0, 0.05) is 19.8 Å². The molecule has 0 amide bonds.